The molecule has 6 nitrogen and oxygen atoms in total. The first-order chi connectivity index (χ1) is 12.5. The number of para-hydroxylation sites is 2. The first-order valence-corrected chi connectivity index (χ1v) is 8.40. The van der Waals surface area contributed by atoms with Crippen molar-refractivity contribution in [2.75, 3.05) is 5.32 Å². The topological polar surface area (TPSA) is 76.1 Å². The molecule has 1 heterocycles. The summed E-state index contributed by atoms with van der Waals surface area (Å²) < 4.78 is 7.27. The van der Waals surface area contributed by atoms with E-state index < -0.39 is 0 Å². The van der Waals surface area contributed by atoms with Crippen molar-refractivity contribution in [3.8, 4) is 11.4 Å². The molecule has 0 atom stereocenters. The summed E-state index contributed by atoms with van der Waals surface area (Å²) in [4.78, 5) is 27.0. The molecule has 0 spiro atoms. The lowest BCUT2D eigenvalue weighted by atomic mass is 10.2. The van der Waals surface area contributed by atoms with E-state index in [9.17, 15) is 9.59 Å². The number of ether oxygens (including phenoxy) is 1. The molecule has 1 aromatic heterocycles. The summed E-state index contributed by atoms with van der Waals surface area (Å²) in [5, 5.41) is 2.87. The number of hydrogen-bond donors (Lipinski definition) is 2. The predicted octanol–water partition coefficient (Wildman–Crippen LogP) is 3.51. The maximum atomic E-state index is 12.5. The quantitative estimate of drug-likeness (QED) is 0.738. The lowest BCUT2D eigenvalue weighted by Crippen LogP contribution is -2.17. The smallest absolute Gasteiger partial charge is 0.330 e. The Bertz CT molecular complexity index is 968. The Hall–Kier alpha value is -3.28. The van der Waals surface area contributed by atoms with E-state index in [0.29, 0.717) is 22.7 Å². The van der Waals surface area contributed by atoms with Gasteiger partial charge < -0.3 is 15.0 Å². The standard InChI is InChI=1S/C20H21N3O3/c1-13(2)26-18-7-5-4-6-17(18)22-19(24)15-8-10-16(11-9-15)23-14(3)12-21-20(23)25/h4-13H,1-3H3,(H,21,25)(H,22,24). The number of anilines is 1. The first-order valence-electron chi connectivity index (χ1n) is 8.40. The van der Waals surface area contributed by atoms with Crippen LogP contribution < -0.4 is 15.7 Å². The minimum Gasteiger partial charge on any atom is -0.489 e. The van der Waals surface area contributed by atoms with Gasteiger partial charge in [0.2, 0.25) is 0 Å². The minimum absolute atomic E-state index is 0.00948. The number of aromatic amines is 1. The van der Waals surface area contributed by atoms with E-state index in [-0.39, 0.29) is 17.7 Å². The van der Waals surface area contributed by atoms with Crippen LogP contribution in [0.4, 0.5) is 5.69 Å². The number of carbonyl (C=O) groups excluding carboxylic acids is 1. The van der Waals surface area contributed by atoms with Gasteiger partial charge in [0.25, 0.3) is 5.91 Å². The Kier molecular flexibility index (Phi) is 4.93. The van der Waals surface area contributed by atoms with Gasteiger partial charge in [0.15, 0.2) is 0 Å². The molecule has 0 aliphatic carbocycles. The van der Waals surface area contributed by atoms with Crippen molar-refractivity contribution in [2.24, 2.45) is 0 Å². The van der Waals surface area contributed by atoms with Gasteiger partial charge in [-0.05, 0) is 57.2 Å². The fraction of sp³-hybridized carbons (Fsp3) is 0.200. The first kappa shape index (κ1) is 17.5. The number of hydrogen-bond acceptors (Lipinski definition) is 3. The van der Waals surface area contributed by atoms with E-state index in [1.54, 1.807) is 41.1 Å². The number of amides is 1. The van der Waals surface area contributed by atoms with Crippen molar-refractivity contribution in [1.29, 1.82) is 0 Å². The fourth-order valence-electron chi connectivity index (χ4n) is 2.66. The number of rotatable bonds is 5. The Morgan fingerprint density at radius 2 is 1.81 bits per heavy atom. The van der Waals surface area contributed by atoms with Gasteiger partial charge in [0.1, 0.15) is 5.75 Å². The molecule has 134 valence electrons. The second-order valence-corrected chi connectivity index (χ2v) is 6.23. The monoisotopic (exact) mass is 351 g/mol. The lowest BCUT2D eigenvalue weighted by Gasteiger charge is -2.15. The average molecular weight is 351 g/mol. The number of nitrogens with one attached hydrogen (secondary N) is 2. The van der Waals surface area contributed by atoms with Gasteiger partial charge in [0.05, 0.1) is 17.5 Å². The Balaban J connectivity index is 1.80. The fourth-order valence-corrected chi connectivity index (χ4v) is 2.66. The Morgan fingerprint density at radius 1 is 1.12 bits per heavy atom. The SMILES string of the molecule is Cc1c[nH]c(=O)n1-c1ccc(C(=O)Nc2ccccc2OC(C)C)cc1. The molecule has 2 aromatic carbocycles. The number of nitrogens with zero attached hydrogens (tertiary/aromatic N) is 1. The second-order valence-electron chi connectivity index (χ2n) is 6.23. The molecular formula is C20H21N3O3. The summed E-state index contributed by atoms with van der Waals surface area (Å²) in [7, 11) is 0. The highest BCUT2D eigenvalue weighted by Gasteiger charge is 2.12. The van der Waals surface area contributed by atoms with Gasteiger partial charge in [-0.1, -0.05) is 12.1 Å². The third-order valence-electron chi connectivity index (χ3n) is 3.85. The van der Waals surface area contributed by atoms with E-state index in [1.165, 1.54) is 0 Å². The highest BCUT2D eigenvalue weighted by atomic mass is 16.5. The normalized spacial score (nSPS) is 10.8. The molecule has 0 aliphatic rings. The molecule has 0 saturated heterocycles. The maximum absolute atomic E-state index is 12.5. The summed E-state index contributed by atoms with van der Waals surface area (Å²) in [6.45, 7) is 5.70. The van der Waals surface area contributed by atoms with Crippen LogP contribution in [0.1, 0.15) is 29.9 Å². The minimum atomic E-state index is -0.241. The summed E-state index contributed by atoms with van der Waals surface area (Å²) in [6.07, 6.45) is 1.66. The second kappa shape index (κ2) is 7.31. The largest absolute Gasteiger partial charge is 0.489 e. The number of benzene rings is 2. The molecule has 0 bridgehead atoms. The van der Waals surface area contributed by atoms with Gasteiger partial charge in [-0.25, -0.2) is 4.79 Å². The zero-order valence-corrected chi connectivity index (χ0v) is 14.9. The zero-order valence-electron chi connectivity index (χ0n) is 14.9. The van der Waals surface area contributed by atoms with Crippen molar-refractivity contribution in [1.82, 2.24) is 9.55 Å². The summed E-state index contributed by atoms with van der Waals surface area (Å²) in [5.41, 5.74) is 2.41. The highest BCUT2D eigenvalue weighted by molar-refractivity contribution is 6.05. The van der Waals surface area contributed by atoms with Crippen LogP contribution in [0, 0.1) is 6.92 Å². The van der Waals surface area contributed by atoms with Crippen molar-refractivity contribution >= 4 is 11.6 Å². The summed E-state index contributed by atoms with van der Waals surface area (Å²) >= 11 is 0. The van der Waals surface area contributed by atoms with Crippen LogP contribution in [0.5, 0.6) is 5.75 Å². The maximum Gasteiger partial charge on any atom is 0.330 e. The predicted molar refractivity (Wildman–Crippen MR) is 101 cm³/mol. The molecule has 1 amide bonds. The van der Waals surface area contributed by atoms with Crippen LogP contribution in [0.3, 0.4) is 0 Å². The van der Waals surface area contributed by atoms with Crippen LogP contribution in [0.15, 0.2) is 59.5 Å². The number of aryl methyl sites for hydroxylation is 1. The number of imidazole rings is 1. The van der Waals surface area contributed by atoms with E-state index in [2.05, 4.69) is 10.3 Å². The third kappa shape index (κ3) is 3.69. The van der Waals surface area contributed by atoms with Crippen molar-refractivity contribution in [3.05, 3.63) is 76.5 Å². The Morgan fingerprint density at radius 3 is 2.42 bits per heavy atom. The number of carbonyl (C=O) groups is 1. The summed E-state index contributed by atoms with van der Waals surface area (Å²) in [5.74, 6) is 0.386. The van der Waals surface area contributed by atoms with Crippen LogP contribution in [-0.4, -0.2) is 21.6 Å². The van der Waals surface area contributed by atoms with Gasteiger partial charge in [0, 0.05) is 17.5 Å². The van der Waals surface area contributed by atoms with Crippen LogP contribution >= 0.6 is 0 Å². The van der Waals surface area contributed by atoms with Crippen LogP contribution in [0.25, 0.3) is 5.69 Å². The van der Waals surface area contributed by atoms with Gasteiger partial charge in [-0.3, -0.25) is 9.36 Å². The van der Waals surface area contributed by atoms with Crippen LogP contribution in [0.2, 0.25) is 0 Å². The van der Waals surface area contributed by atoms with Crippen molar-refractivity contribution in [3.63, 3.8) is 0 Å². The van der Waals surface area contributed by atoms with E-state index >= 15 is 0 Å². The molecule has 0 unspecified atom stereocenters. The van der Waals surface area contributed by atoms with E-state index in [1.807, 2.05) is 39.0 Å². The molecule has 0 aliphatic heterocycles. The number of H-pyrrole nitrogens is 1. The summed E-state index contributed by atoms with van der Waals surface area (Å²) in [6, 6.07) is 14.2. The molecule has 6 heteroatoms. The average Bonchev–Trinajstić information content (AvgIpc) is 2.95. The molecule has 0 saturated carbocycles. The number of aromatic nitrogens is 2. The zero-order chi connectivity index (χ0) is 18.7. The van der Waals surface area contributed by atoms with Gasteiger partial charge >= 0.3 is 5.69 Å². The Labute approximate surface area is 151 Å². The van der Waals surface area contributed by atoms with Crippen molar-refractivity contribution < 1.29 is 9.53 Å². The molecule has 3 aromatic rings. The highest BCUT2D eigenvalue weighted by Crippen LogP contribution is 2.25. The third-order valence-corrected chi connectivity index (χ3v) is 3.85. The van der Waals surface area contributed by atoms with E-state index in [0.717, 1.165) is 5.69 Å². The van der Waals surface area contributed by atoms with Crippen molar-refractivity contribution in [2.45, 2.75) is 26.9 Å². The van der Waals surface area contributed by atoms with E-state index in [4.69, 9.17) is 4.74 Å². The van der Waals surface area contributed by atoms with Crippen LogP contribution in [-0.2, 0) is 0 Å². The lowest BCUT2D eigenvalue weighted by molar-refractivity contribution is 0.102. The molecule has 0 radical (unpaired) electrons. The molecule has 3 rings (SSSR count). The van der Waals surface area contributed by atoms with Gasteiger partial charge in [-0.15, -0.1) is 0 Å². The molecular weight excluding hydrogens is 330 g/mol. The molecule has 0 fully saturated rings. The molecule has 26 heavy (non-hydrogen) atoms. The molecule has 2 N–H and O–H groups in total. The van der Waals surface area contributed by atoms with Gasteiger partial charge in [-0.2, -0.15) is 0 Å².